The van der Waals surface area contributed by atoms with E-state index < -0.39 is 10.0 Å². The van der Waals surface area contributed by atoms with Gasteiger partial charge in [0.1, 0.15) is 4.47 Å². The third-order valence-corrected chi connectivity index (χ3v) is 4.91. The Kier molecular flexibility index (Phi) is 4.88. The smallest absolute Gasteiger partial charge is 0.282 e. The third-order valence-electron chi connectivity index (χ3n) is 2.31. The third kappa shape index (κ3) is 3.53. The van der Waals surface area contributed by atoms with Crippen LogP contribution in [0.2, 0.25) is 0 Å². The van der Waals surface area contributed by atoms with Gasteiger partial charge < -0.3 is 5.32 Å². The number of hydrogen-bond donors (Lipinski definition) is 1. The second kappa shape index (κ2) is 5.81. The molecule has 0 fully saturated rings. The fourth-order valence-electron chi connectivity index (χ4n) is 1.13. The molecule has 0 bridgehead atoms. The number of anilines is 1. The van der Waals surface area contributed by atoms with Gasteiger partial charge in [0.15, 0.2) is 0 Å². The Labute approximate surface area is 114 Å². The Morgan fingerprint density at radius 1 is 1.50 bits per heavy atom. The number of hydrogen-bond acceptors (Lipinski definition) is 5. The van der Waals surface area contributed by atoms with E-state index in [2.05, 4.69) is 26.3 Å². The van der Waals surface area contributed by atoms with Crippen molar-refractivity contribution in [3.63, 3.8) is 0 Å². The van der Waals surface area contributed by atoms with Crippen LogP contribution >= 0.6 is 15.9 Å². The van der Waals surface area contributed by atoms with E-state index in [-0.39, 0.29) is 17.9 Å². The van der Waals surface area contributed by atoms with Crippen LogP contribution in [0.3, 0.4) is 0 Å². The lowest BCUT2D eigenvalue weighted by atomic mass is 10.4. The summed E-state index contributed by atoms with van der Waals surface area (Å²) in [7, 11) is 1.24. The number of aryl methyl sites for hydroxylation is 1. The summed E-state index contributed by atoms with van der Waals surface area (Å²) in [6.07, 6.45) is 1.47. The molecule has 0 unspecified atom stereocenters. The van der Waals surface area contributed by atoms with Gasteiger partial charge in [0.05, 0.1) is 17.6 Å². The van der Waals surface area contributed by atoms with Crippen LogP contribution in [0.5, 0.6) is 0 Å². The molecule has 0 spiro atoms. The molecular weight excluding hydrogens is 324 g/mol. The van der Waals surface area contributed by atoms with Crippen LogP contribution in [-0.2, 0) is 17.1 Å². The van der Waals surface area contributed by atoms with Crippen molar-refractivity contribution >= 4 is 31.6 Å². The van der Waals surface area contributed by atoms with Crippen LogP contribution in [0, 0.1) is 0 Å². The maximum Gasteiger partial charge on any atom is 0.282 e. The van der Waals surface area contributed by atoms with Crippen molar-refractivity contribution in [2.24, 2.45) is 7.05 Å². The normalized spacial score (nSPS) is 11.8. The van der Waals surface area contributed by atoms with E-state index in [9.17, 15) is 13.2 Å². The molecule has 0 atom stereocenters. The van der Waals surface area contributed by atoms with E-state index in [4.69, 9.17) is 0 Å². The monoisotopic (exact) mass is 338 g/mol. The number of halogens is 1. The first-order valence-electron chi connectivity index (χ1n) is 5.11. The largest absolute Gasteiger partial charge is 0.382 e. The molecule has 0 aromatic carbocycles. The molecule has 0 saturated heterocycles. The Hall–Kier alpha value is -0.930. The summed E-state index contributed by atoms with van der Waals surface area (Å²) < 4.78 is 25.7. The Morgan fingerprint density at radius 2 is 2.11 bits per heavy atom. The highest BCUT2D eigenvalue weighted by atomic mass is 79.9. The molecule has 1 heterocycles. The molecular formula is C9H15BrN4O3S. The summed E-state index contributed by atoms with van der Waals surface area (Å²) in [5.41, 5.74) is 0.197. The van der Waals surface area contributed by atoms with Gasteiger partial charge in [0.25, 0.3) is 5.56 Å². The Bertz CT molecular complexity index is 582. The van der Waals surface area contributed by atoms with E-state index in [1.165, 1.54) is 32.0 Å². The van der Waals surface area contributed by atoms with Crippen LogP contribution in [0.15, 0.2) is 15.5 Å². The summed E-state index contributed by atoms with van der Waals surface area (Å²) >= 11 is 3.14. The second-order valence-electron chi connectivity index (χ2n) is 3.83. The summed E-state index contributed by atoms with van der Waals surface area (Å²) in [6, 6.07) is 0. The zero-order valence-corrected chi connectivity index (χ0v) is 12.7. The maximum atomic E-state index is 11.5. The van der Waals surface area contributed by atoms with Crippen LogP contribution in [-0.4, -0.2) is 48.9 Å². The zero-order chi connectivity index (χ0) is 13.9. The van der Waals surface area contributed by atoms with Gasteiger partial charge in [-0.1, -0.05) is 0 Å². The zero-order valence-electron chi connectivity index (χ0n) is 10.3. The summed E-state index contributed by atoms with van der Waals surface area (Å²) in [4.78, 5) is 11.5. The fraction of sp³-hybridized carbons (Fsp3) is 0.556. The number of nitrogens with one attached hydrogen (secondary N) is 1. The molecule has 0 amide bonds. The van der Waals surface area contributed by atoms with Crippen molar-refractivity contribution in [1.29, 1.82) is 0 Å². The van der Waals surface area contributed by atoms with Crippen LogP contribution in [0.25, 0.3) is 0 Å². The average Bonchev–Trinajstić information content (AvgIpc) is 2.29. The molecule has 1 N–H and O–H groups in total. The minimum absolute atomic E-state index is 0.0539. The lowest BCUT2D eigenvalue weighted by Crippen LogP contribution is -2.29. The van der Waals surface area contributed by atoms with E-state index in [0.717, 1.165) is 4.31 Å². The van der Waals surface area contributed by atoms with Gasteiger partial charge in [0.2, 0.25) is 10.0 Å². The number of rotatable bonds is 5. The molecule has 1 rings (SSSR count). The summed E-state index contributed by atoms with van der Waals surface area (Å²) in [5, 5.41) is 6.70. The SMILES string of the molecule is CN(C)S(=O)(=O)CCNc1cnn(C)c(=O)c1Br. The molecule has 7 nitrogen and oxygen atoms in total. The van der Waals surface area contributed by atoms with Crippen molar-refractivity contribution in [2.45, 2.75) is 0 Å². The highest BCUT2D eigenvalue weighted by molar-refractivity contribution is 9.10. The number of sulfonamides is 1. The van der Waals surface area contributed by atoms with Gasteiger partial charge in [-0.3, -0.25) is 4.79 Å². The summed E-state index contributed by atoms with van der Waals surface area (Å²) in [6.45, 7) is 0.202. The molecule has 0 saturated carbocycles. The van der Waals surface area contributed by atoms with Crippen molar-refractivity contribution < 1.29 is 8.42 Å². The predicted octanol–water partition coefficient (Wildman–Crippen LogP) is -0.154. The van der Waals surface area contributed by atoms with Gasteiger partial charge in [-0.2, -0.15) is 5.10 Å². The van der Waals surface area contributed by atoms with Crippen molar-refractivity contribution in [2.75, 3.05) is 31.7 Å². The topological polar surface area (TPSA) is 84.3 Å². The number of nitrogens with zero attached hydrogens (tertiary/aromatic N) is 3. The Morgan fingerprint density at radius 3 is 2.67 bits per heavy atom. The maximum absolute atomic E-state index is 11.5. The van der Waals surface area contributed by atoms with Gasteiger partial charge in [0, 0.05) is 27.7 Å². The van der Waals surface area contributed by atoms with Gasteiger partial charge in [-0.25, -0.2) is 17.4 Å². The minimum Gasteiger partial charge on any atom is -0.382 e. The van der Waals surface area contributed by atoms with Crippen molar-refractivity contribution in [3.05, 3.63) is 21.0 Å². The Balaban J connectivity index is 2.72. The van der Waals surface area contributed by atoms with Gasteiger partial charge >= 0.3 is 0 Å². The molecule has 9 heteroatoms. The van der Waals surface area contributed by atoms with Crippen molar-refractivity contribution in [3.8, 4) is 0 Å². The lowest BCUT2D eigenvalue weighted by molar-refractivity contribution is 0.521. The first-order valence-corrected chi connectivity index (χ1v) is 7.52. The fourth-order valence-corrected chi connectivity index (χ4v) is 2.36. The molecule has 1 aromatic heterocycles. The lowest BCUT2D eigenvalue weighted by Gasteiger charge is -2.12. The molecule has 102 valence electrons. The van der Waals surface area contributed by atoms with E-state index in [1.54, 1.807) is 0 Å². The minimum atomic E-state index is -3.25. The highest BCUT2D eigenvalue weighted by Crippen LogP contribution is 2.15. The van der Waals surface area contributed by atoms with E-state index >= 15 is 0 Å². The molecule has 0 aliphatic rings. The van der Waals surface area contributed by atoms with Crippen LogP contribution < -0.4 is 10.9 Å². The first kappa shape index (κ1) is 15.1. The second-order valence-corrected chi connectivity index (χ2v) is 6.92. The van der Waals surface area contributed by atoms with Crippen molar-refractivity contribution in [1.82, 2.24) is 14.1 Å². The molecule has 18 heavy (non-hydrogen) atoms. The highest BCUT2D eigenvalue weighted by Gasteiger charge is 2.13. The van der Waals surface area contributed by atoms with Gasteiger partial charge in [-0.15, -0.1) is 0 Å². The molecule has 1 aromatic rings. The summed E-state index contributed by atoms with van der Waals surface area (Å²) in [5.74, 6) is -0.0539. The molecule has 0 radical (unpaired) electrons. The van der Waals surface area contributed by atoms with Gasteiger partial charge in [-0.05, 0) is 15.9 Å². The van der Waals surface area contributed by atoms with E-state index in [0.29, 0.717) is 10.2 Å². The first-order chi connectivity index (χ1) is 8.25. The number of aromatic nitrogens is 2. The molecule has 0 aliphatic heterocycles. The standard InChI is InChI=1S/C9H15BrN4O3S/c1-13(2)18(16,17)5-4-11-7-6-12-14(3)9(15)8(7)10/h6,11H,4-5H2,1-3H3. The molecule has 0 aliphatic carbocycles. The average molecular weight is 339 g/mol. The van der Waals surface area contributed by atoms with E-state index in [1.807, 2.05) is 0 Å². The van der Waals surface area contributed by atoms with Crippen LogP contribution in [0.4, 0.5) is 5.69 Å². The quantitative estimate of drug-likeness (QED) is 0.806. The van der Waals surface area contributed by atoms with Crippen LogP contribution in [0.1, 0.15) is 0 Å². The predicted molar refractivity (Wildman–Crippen MR) is 73.1 cm³/mol.